The number of hydrogen-bond donors (Lipinski definition) is 2. The predicted octanol–water partition coefficient (Wildman–Crippen LogP) is 4.30. The molecule has 128 valence electrons. The van der Waals surface area contributed by atoms with Crippen molar-refractivity contribution in [2.75, 3.05) is 26.4 Å². The summed E-state index contributed by atoms with van der Waals surface area (Å²) in [6.07, 6.45) is 16.2. The normalized spacial score (nSPS) is 11.4. The Kier molecular flexibility index (Phi) is 17.8. The Hall–Kier alpha value is -0.120. The highest BCUT2D eigenvalue weighted by atomic mass is 16.5. The first kappa shape index (κ1) is 20.9. The standard InChI is InChI=1S/C18H38O3/c1-2-3-4-5-6-7-8-9-10-11-12-13-14-21-17-18(15-19)16-20/h18-20H,2-17H2,1H3. The SMILES string of the molecule is CCCCCCCCCCCCCCOCC(CO)CO. The number of aliphatic hydroxyl groups is 2. The molecule has 0 unspecified atom stereocenters. The number of rotatable bonds is 17. The van der Waals surface area contributed by atoms with Gasteiger partial charge >= 0.3 is 0 Å². The molecule has 3 heteroatoms. The van der Waals surface area contributed by atoms with Gasteiger partial charge < -0.3 is 14.9 Å². The molecule has 0 spiro atoms. The average molecular weight is 302 g/mol. The van der Waals surface area contributed by atoms with Crippen molar-refractivity contribution in [3.63, 3.8) is 0 Å². The lowest BCUT2D eigenvalue weighted by atomic mass is 10.1. The second-order valence-electron chi connectivity index (χ2n) is 6.20. The largest absolute Gasteiger partial charge is 0.396 e. The van der Waals surface area contributed by atoms with Gasteiger partial charge in [0.05, 0.1) is 19.8 Å². The van der Waals surface area contributed by atoms with Crippen molar-refractivity contribution in [2.45, 2.75) is 84.0 Å². The smallest absolute Gasteiger partial charge is 0.0538 e. The van der Waals surface area contributed by atoms with E-state index in [-0.39, 0.29) is 19.1 Å². The molecule has 0 aromatic heterocycles. The molecule has 0 aromatic rings. The average Bonchev–Trinajstić information content (AvgIpc) is 2.51. The van der Waals surface area contributed by atoms with Crippen LogP contribution in [0.25, 0.3) is 0 Å². The fraction of sp³-hybridized carbons (Fsp3) is 1.00. The monoisotopic (exact) mass is 302 g/mol. The third-order valence-corrected chi connectivity index (χ3v) is 4.01. The van der Waals surface area contributed by atoms with Gasteiger partial charge in [0.1, 0.15) is 0 Å². The molecule has 0 fully saturated rings. The van der Waals surface area contributed by atoms with E-state index in [0.717, 1.165) is 13.0 Å². The summed E-state index contributed by atoms with van der Waals surface area (Å²) in [5.74, 6) is -0.109. The van der Waals surface area contributed by atoms with Crippen molar-refractivity contribution >= 4 is 0 Å². The number of hydrogen-bond acceptors (Lipinski definition) is 3. The van der Waals surface area contributed by atoms with E-state index in [4.69, 9.17) is 14.9 Å². The molecule has 0 bridgehead atoms. The molecule has 0 saturated heterocycles. The summed E-state index contributed by atoms with van der Waals surface area (Å²) in [7, 11) is 0. The van der Waals surface area contributed by atoms with Gasteiger partial charge in [0.2, 0.25) is 0 Å². The highest BCUT2D eigenvalue weighted by Gasteiger charge is 2.04. The van der Waals surface area contributed by atoms with E-state index in [1.807, 2.05) is 0 Å². The molecule has 0 aliphatic carbocycles. The van der Waals surface area contributed by atoms with Crippen molar-refractivity contribution in [2.24, 2.45) is 5.92 Å². The molecule has 0 radical (unpaired) electrons. The summed E-state index contributed by atoms with van der Waals surface area (Å²) in [5.41, 5.74) is 0. The Labute approximate surface area is 132 Å². The van der Waals surface area contributed by atoms with E-state index in [1.165, 1.54) is 70.6 Å². The minimum Gasteiger partial charge on any atom is -0.396 e. The van der Waals surface area contributed by atoms with Crippen molar-refractivity contribution in [3.05, 3.63) is 0 Å². The summed E-state index contributed by atoms with van der Waals surface area (Å²) in [5, 5.41) is 17.8. The number of aliphatic hydroxyl groups excluding tert-OH is 2. The molecule has 3 nitrogen and oxygen atoms in total. The summed E-state index contributed by atoms with van der Waals surface area (Å²) in [4.78, 5) is 0. The van der Waals surface area contributed by atoms with Crippen LogP contribution in [0.3, 0.4) is 0 Å². The highest BCUT2D eigenvalue weighted by Crippen LogP contribution is 2.11. The van der Waals surface area contributed by atoms with Crippen LogP contribution in [0, 0.1) is 5.92 Å². The first-order chi connectivity index (χ1) is 10.3. The molecular formula is C18H38O3. The maximum Gasteiger partial charge on any atom is 0.0538 e. The van der Waals surface area contributed by atoms with Crippen molar-refractivity contribution in [3.8, 4) is 0 Å². The Balaban J connectivity index is 3.02. The lowest BCUT2D eigenvalue weighted by molar-refractivity contribution is 0.0435. The first-order valence-electron chi connectivity index (χ1n) is 9.14. The molecule has 0 heterocycles. The van der Waals surface area contributed by atoms with E-state index in [0.29, 0.717) is 6.61 Å². The fourth-order valence-electron chi connectivity index (χ4n) is 2.46. The molecule has 0 aliphatic rings. The van der Waals surface area contributed by atoms with Gasteiger partial charge in [-0.25, -0.2) is 0 Å². The van der Waals surface area contributed by atoms with E-state index < -0.39 is 0 Å². The third kappa shape index (κ3) is 16.1. The van der Waals surface area contributed by atoms with Gasteiger partial charge in [-0.3, -0.25) is 0 Å². The van der Waals surface area contributed by atoms with Crippen LogP contribution in [0.4, 0.5) is 0 Å². The van der Waals surface area contributed by atoms with Gasteiger partial charge in [0, 0.05) is 12.5 Å². The van der Waals surface area contributed by atoms with Crippen LogP contribution in [-0.4, -0.2) is 36.6 Å². The lowest BCUT2D eigenvalue weighted by Gasteiger charge is -2.11. The Morgan fingerprint density at radius 2 is 1.10 bits per heavy atom. The topological polar surface area (TPSA) is 49.7 Å². The molecule has 0 atom stereocenters. The second kappa shape index (κ2) is 17.9. The van der Waals surface area contributed by atoms with Gasteiger partial charge in [-0.15, -0.1) is 0 Å². The molecule has 0 amide bonds. The quantitative estimate of drug-likeness (QED) is 0.394. The summed E-state index contributed by atoms with van der Waals surface area (Å²) in [6.45, 7) is 3.52. The maximum absolute atomic E-state index is 8.89. The van der Waals surface area contributed by atoms with Gasteiger partial charge in [0.15, 0.2) is 0 Å². The predicted molar refractivity (Wildman–Crippen MR) is 89.6 cm³/mol. The van der Waals surface area contributed by atoms with Crippen LogP contribution < -0.4 is 0 Å². The molecule has 0 aromatic carbocycles. The minimum absolute atomic E-state index is 0.00887. The molecule has 0 aliphatic heterocycles. The number of unbranched alkanes of at least 4 members (excludes halogenated alkanes) is 11. The maximum atomic E-state index is 8.89. The van der Waals surface area contributed by atoms with Gasteiger partial charge in [0.25, 0.3) is 0 Å². The van der Waals surface area contributed by atoms with Crippen molar-refractivity contribution < 1.29 is 14.9 Å². The van der Waals surface area contributed by atoms with Gasteiger partial charge in [-0.05, 0) is 6.42 Å². The van der Waals surface area contributed by atoms with E-state index in [9.17, 15) is 0 Å². The van der Waals surface area contributed by atoms with Gasteiger partial charge in [-0.1, -0.05) is 77.6 Å². The molecule has 0 rings (SSSR count). The van der Waals surface area contributed by atoms with Crippen LogP contribution in [0.2, 0.25) is 0 Å². The van der Waals surface area contributed by atoms with Crippen molar-refractivity contribution in [1.82, 2.24) is 0 Å². The summed E-state index contributed by atoms with van der Waals surface area (Å²) < 4.78 is 5.45. The third-order valence-electron chi connectivity index (χ3n) is 4.01. The molecule has 2 N–H and O–H groups in total. The highest BCUT2D eigenvalue weighted by molar-refractivity contribution is 4.53. The Morgan fingerprint density at radius 1 is 0.667 bits per heavy atom. The molecule has 0 saturated carbocycles. The zero-order valence-corrected chi connectivity index (χ0v) is 14.2. The first-order valence-corrected chi connectivity index (χ1v) is 9.14. The minimum atomic E-state index is -0.109. The zero-order chi connectivity index (χ0) is 15.6. The molecular weight excluding hydrogens is 264 g/mol. The Bertz CT molecular complexity index is 181. The second-order valence-corrected chi connectivity index (χ2v) is 6.20. The van der Waals surface area contributed by atoms with Crippen LogP contribution in [0.1, 0.15) is 84.0 Å². The van der Waals surface area contributed by atoms with Gasteiger partial charge in [-0.2, -0.15) is 0 Å². The van der Waals surface area contributed by atoms with Crippen LogP contribution >= 0.6 is 0 Å². The van der Waals surface area contributed by atoms with Crippen LogP contribution in [-0.2, 0) is 4.74 Å². The Morgan fingerprint density at radius 3 is 1.52 bits per heavy atom. The van der Waals surface area contributed by atoms with E-state index in [1.54, 1.807) is 0 Å². The lowest BCUT2D eigenvalue weighted by Crippen LogP contribution is -2.18. The van der Waals surface area contributed by atoms with Crippen molar-refractivity contribution in [1.29, 1.82) is 0 Å². The van der Waals surface area contributed by atoms with E-state index in [2.05, 4.69) is 6.92 Å². The van der Waals surface area contributed by atoms with E-state index >= 15 is 0 Å². The zero-order valence-electron chi connectivity index (χ0n) is 14.2. The number of ether oxygens (including phenoxy) is 1. The van der Waals surface area contributed by atoms with Crippen LogP contribution in [0.15, 0.2) is 0 Å². The van der Waals surface area contributed by atoms with Crippen LogP contribution in [0.5, 0.6) is 0 Å². The molecule has 21 heavy (non-hydrogen) atoms. The fourth-order valence-corrected chi connectivity index (χ4v) is 2.46. The summed E-state index contributed by atoms with van der Waals surface area (Å²) >= 11 is 0. The summed E-state index contributed by atoms with van der Waals surface area (Å²) in [6, 6.07) is 0.